The van der Waals surface area contributed by atoms with E-state index in [1.54, 1.807) is 19.2 Å². The first-order valence-corrected chi connectivity index (χ1v) is 9.46. The number of ether oxygens (including phenoxy) is 1. The van der Waals surface area contributed by atoms with Crippen molar-refractivity contribution in [2.45, 2.75) is 5.92 Å². The molecule has 1 atom stereocenters. The van der Waals surface area contributed by atoms with E-state index >= 15 is 0 Å². The molecule has 28 heavy (non-hydrogen) atoms. The normalized spacial score (nSPS) is 20.0. The minimum atomic E-state index is -0.0951. The third-order valence-corrected chi connectivity index (χ3v) is 5.97. The molecule has 4 rings (SSSR count). The molecule has 2 aromatic carbocycles. The fourth-order valence-corrected chi connectivity index (χ4v) is 4.50. The molecule has 144 valence electrons. The zero-order valence-electron chi connectivity index (χ0n) is 16.0. The van der Waals surface area contributed by atoms with Gasteiger partial charge in [-0.3, -0.25) is 9.59 Å². The van der Waals surface area contributed by atoms with Gasteiger partial charge in [0.25, 0.3) is 5.91 Å². The van der Waals surface area contributed by atoms with Crippen LogP contribution in [0.1, 0.15) is 21.8 Å². The van der Waals surface area contributed by atoms with E-state index in [4.69, 9.17) is 4.74 Å². The molecule has 5 heteroatoms. The topological polar surface area (TPSA) is 49.9 Å². The molecule has 0 saturated carbocycles. The molecular formula is C23H24N2O3. The van der Waals surface area contributed by atoms with Gasteiger partial charge in [-0.1, -0.05) is 36.9 Å². The largest absolute Gasteiger partial charge is 0.497 e. The quantitative estimate of drug-likeness (QED) is 0.771. The van der Waals surface area contributed by atoms with Crippen LogP contribution in [0.25, 0.3) is 0 Å². The number of likely N-dealkylation sites (tertiary alicyclic amines) is 2. The number of amides is 2. The lowest BCUT2D eigenvalue weighted by Gasteiger charge is -2.50. The highest BCUT2D eigenvalue weighted by molar-refractivity contribution is 5.95. The predicted molar refractivity (Wildman–Crippen MR) is 107 cm³/mol. The van der Waals surface area contributed by atoms with Crippen LogP contribution in [0.2, 0.25) is 0 Å². The summed E-state index contributed by atoms with van der Waals surface area (Å²) in [7, 11) is 1.61. The number of methoxy groups -OCH3 is 1. The third kappa shape index (κ3) is 3.07. The van der Waals surface area contributed by atoms with Crippen LogP contribution in [0.15, 0.2) is 67.3 Å². The van der Waals surface area contributed by atoms with E-state index in [0.29, 0.717) is 31.7 Å². The van der Waals surface area contributed by atoms with Gasteiger partial charge in [0.2, 0.25) is 5.91 Å². The average Bonchev–Trinajstić information content (AvgIpc) is 3.13. The Morgan fingerprint density at radius 2 is 1.68 bits per heavy atom. The molecule has 1 spiro atoms. The van der Waals surface area contributed by atoms with E-state index in [2.05, 4.69) is 18.7 Å². The van der Waals surface area contributed by atoms with Crippen molar-refractivity contribution in [3.8, 4) is 5.75 Å². The van der Waals surface area contributed by atoms with Gasteiger partial charge < -0.3 is 14.5 Å². The lowest BCUT2D eigenvalue weighted by molar-refractivity contribution is -0.137. The Kier molecular flexibility index (Phi) is 4.67. The summed E-state index contributed by atoms with van der Waals surface area (Å²) in [5.41, 5.74) is 1.78. The van der Waals surface area contributed by atoms with E-state index in [-0.39, 0.29) is 23.1 Å². The summed E-state index contributed by atoms with van der Waals surface area (Å²) < 4.78 is 5.18. The fourth-order valence-electron chi connectivity index (χ4n) is 4.50. The molecule has 2 saturated heterocycles. The first kappa shape index (κ1) is 18.3. The van der Waals surface area contributed by atoms with Crippen LogP contribution in [-0.4, -0.2) is 54.9 Å². The van der Waals surface area contributed by atoms with Crippen LogP contribution < -0.4 is 4.74 Å². The molecule has 2 heterocycles. The molecule has 0 radical (unpaired) electrons. The standard InChI is InChI=1S/C23H24N2O3/c1-3-21(26)25-15-23(16-25)14-24(13-20(23)17-7-5-4-6-8-17)22(27)18-9-11-19(28-2)12-10-18/h3-12,20H,1,13-16H2,2H3/t20-/m0/s1. The zero-order chi connectivity index (χ0) is 19.7. The highest BCUT2D eigenvalue weighted by Gasteiger charge is 2.56. The Labute approximate surface area is 165 Å². The minimum absolute atomic E-state index is 0.0222. The molecule has 2 aromatic rings. The summed E-state index contributed by atoms with van der Waals surface area (Å²) in [6, 6.07) is 17.5. The lowest BCUT2D eigenvalue weighted by Crippen LogP contribution is -2.61. The second kappa shape index (κ2) is 7.15. The van der Waals surface area contributed by atoms with Crippen molar-refractivity contribution < 1.29 is 14.3 Å². The number of hydrogen-bond donors (Lipinski definition) is 0. The first-order valence-electron chi connectivity index (χ1n) is 9.46. The second-order valence-corrected chi connectivity index (χ2v) is 7.64. The summed E-state index contributed by atoms with van der Waals surface area (Å²) in [6.45, 7) is 6.21. The van der Waals surface area contributed by atoms with E-state index in [1.807, 2.05) is 40.1 Å². The molecule has 0 bridgehead atoms. The van der Waals surface area contributed by atoms with Crippen LogP contribution >= 0.6 is 0 Å². The number of benzene rings is 2. The maximum absolute atomic E-state index is 13.1. The van der Waals surface area contributed by atoms with Crippen LogP contribution in [0.5, 0.6) is 5.75 Å². The van der Waals surface area contributed by atoms with Crippen molar-refractivity contribution in [3.05, 3.63) is 78.4 Å². The summed E-state index contributed by atoms with van der Waals surface area (Å²) >= 11 is 0. The highest BCUT2D eigenvalue weighted by Crippen LogP contribution is 2.49. The lowest BCUT2D eigenvalue weighted by atomic mass is 9.69. The molecule has 2 amide bonds. The average molecular weight is 376 g/mol. The predicted octanol–water partition coefficient (Wildman–Crippen LogP) is 2.95. The number of nitrogens with zero attached hydrogens (tertiary/aromatic N) is 2. The Hall–Kier alpha value is -3.08. The summed E-state index contributed by atoms with van der Waals surface area (Å²) in [5, 5.41) is 0. The maximum Gasteiger partial charge on any atom is 0.253 e. The van der Waals surface area contributed by atoms with Crippen molar-refractivity contribution in [1.29, 1.82) is 0 Å². The molecule has 2 aliphatic rings. The van der Waals surface area contributed by atoms with E-state index in [1.165, 1.54) is 11.6 Å². The van der Waals surface area contributed by atoms with Crippen molar-refractivity contribution in [3.63, 3.8) is 0 Å². The fraction of sp³-hybridized carbons (Fsp3) is 0.304. The molecule has 5 nitrogen and oxygen atoms in total. The minimum Gasteiger partial charge on any atom is -0.497 e. The van der Waals surface area contributed by atoms with Gasteiger partial charge in [-0.2, -0.15) is 0 Å². The molecule has 0 unspecified atom stereocenters. The van der Waals surface area contributed by atoms with Gasteiger partial charge in [0.15, 0.2) is 0 Å². The molecule has 0 aliphatic carbocycles. The van der Waals surface area contributed by atoms with Gasteiger partial charge in [0, 0.05) is 43.1 Å². The van der Waals surface area contributed by atoms with Crippen LogP contribution in [0.4, 0.5) is 0 Å². The van der Waals surface area contributed by atoms with Crippen molar-refractivity contribution in [2.24, 2.45) is 5.41 Å². The van der Waals surface area contributed by atoms with Crippen LogP contribution in [0.3, 0.4) is 0 Å². The molecule has 2 fully saturated rings. The number of carbonyl (C=O) groups is 2. The maximum atomic E-state index is 13.1. The Morgan fingerprint density at radius 1 is 1.04 bits per heavy atom. The number of hydrogen-bond acceptors (Lipinski definition) is 3. The smallest absolute Gasteiger partial charge is 0.253 e. The van der Waals surface area contributed by atoms with Gasteiger partial charge in [0.1, 0.15) is 5.75 Å². The molecule has 2 aliphatic heterocycles. The Morgan fingerprint density at radius 3 is 2.29 bits per heavy atom. The first-order chi connectivity index (χ1) is 13.6. The van der Waals surface area contributed by atoms with Gasteiger partial charge in [0.05, 0.1) is 7.11 Å². The van der Waals surface area contributed by atoms with E-state index in [9.17, 15) is 9.59 Å². The molecule has 0 N–H and O–H groups in total. The van der Waals surface area contributed by atoms with Crippen molar-refractivity contribution in [2.75, 3.05) is 33.3 Å². The van der Waals surface area contributed by atoms with Gasteiger partial charge in [-0.25, -0.2) is 0 Å². The second-order valence-electron chi connectivity index (χ2n) is 7.64. The SMILES string of the molecule is C=CC(=O)N1CC2(C1)CN(C(=O)c1ccc(OC)cc1)C[C@H]2c1ccccc1. The zero-order valence-corrected chi connectivity index (χ0v) is 16.0. The number of rotatable bonds is 4. The third-order valence-electron chi connectivity index (χ3n) is 5.97. The van der Waals surface area contributed by atoms with E-state index < -0.39 is 0 Å². The van der Waals surface area contributed by atoms with Crippen LogP contribution in [0, 0.1) is 5.41 Å². The van der Waals surface area contributed by atoms with Gasteiger partial charge >= 0.3 is 0 Å². The van der Waals surface area contributed by atoms with Crippen molar-refractivity contribution >= 4 is 11.8 Å². The van der Waals surface area contributed by atoms with Gasteiger partial charge in [-0.05, 0) is 35.9 Å². The Bertz CT molecular complexity index is 886. The number of carbonyl (C=O) groups excluding carboxylic acids is 2. The van der Waals surface area contributed by atoms with Crippen molar-refractivity contribution in [1.82, 2.24) is 9.80 Å². The summed E-state index contributed by atoms with van der Waals surface area (Å²) in [4.78, 5) is 28.8. The Balaban J connectivity index is 1.58. The highest BCUT2D eigenvalue weighted by atomic mass is 16.5. The van der Waals surface area contributed by atoms with Crippen LogP contribution in [-0.2, 0) is 4.79 Å². The van der Waals surface area contributed by atoms with Gasteiger partial charge in [-0.15, -0.1) is 0 Å². The summed E-state index contributed by atoms with van der Waals surface area (Å²) in [6.07, 6.45) is 1.36. The molecular weight excluding hydrogens is 352 g/mol. The summed E-state index contributed by atoms with van der Waals surface area (Å²) in [5.74, 6) is 0.922. The van der Waals surface area contributed by atoms with E-state index in [0.717, 1.165) is 5.75 Å². The monoisotopic (exact) mass is 376 g/mol. The molecule has 0 aromatic heterocycles.